The summed E-state index contributed by atoms with van der Waals surface area (Å²) < 4.78 is 0. The van der Waals surface area contributed by atoms with Crippen LogP contribution in [-0.4, -0.2) is 24.8 Å². The Morgan fingerprint density at radius 3 is 2.48 bits per heavy atom. The first-order valence-electron chi connectivity index (χ1n) is 7.27. The number of ketones is 1. The minimum atomic E-state index is -0.229. The third-order valence-electron chi connectivity index (χ3n) is 3.60. The van der Waals surface area contributed by atoms with Crippen LogP contribution in [0.4, 0.5) is 5.69 Å². The van der Waals surface area contributed by atoms with Crippen molar-refractivity contribution in [2.75, 3.05) is 18.0 Å². The van der Waals surface area contributed by atoms with Crippen molar-refractivity contribution in [3.05, 3.63) is 77.0 Å². The van der Waals surface area contributed by atoms with Crippen molar-refractivity contribution in [3.63, 3.8) is 0 Å². The Balaban J connectivity index is 1.83. The van der Waals surface area contributed by atoms with Crippen LogP contribution in [0.25, 0.3) is 0 Å². The molecule has 116 valence electrons. The van der Waals surface area contributed by atoms with E-state index in [1.54, 1.807) is 29.2 Å². The fourth-order valence-corrected chi connectivity index (χ4v) is 2.55. The number of carbonyl (C=O) groups excluding carboxylic acids is 2. The standard InChI is InChI=1S/C18H15ClN2O2/c19-14-8-6-13(7-9-14)17(22)12-16-18(23)21(11-10-20-16)15-4-2-1-3-5-15/h1-9,12,20H,10-11H2/b16-12+. The molecule has 1 aliphatic rings. The molecule has 1 heterocycles. The van der Waals surface area contributed by atoms with Crippen LogP contribution in [0, 0.1) is 0 Å². The molecule has 23 heavy (non-hydrogen) atoms. The summed E-state index contributed by atoms with van der Waals surface area (Å²) >= 11 is 5.82. The van der Waals surface area contributed by atoms with Gasteiger partial charge in [0, 0.05) is 35.4 Å². The number of anilines is 1. The van der Waals surface area contributed by atoms with Gasteiger partial charge in [0.05, 0.1) is 0 Å². The monoisotopic (exact) mass is 326 g/mol. The zero-order chi connectivity index (χ0) is 16.2. The van der Waals surface area contributed by atoms with E-state index < -0.39 is 0 Å². The lowest BCUT2D eigenvalue weighted by Crippen LogP contribution is -2.46. The number of piperazine rings is 1. The van der Waals surface area contributed by atoms with E-state index in [4.69, 9.17) is 11.6 Å². The highest BCUT2D eigenvalue weighted by Crippen LogP contribution is 2.18. The van der Waals surface area contributed by atoms with Crippen molar-refractivity contribution in [1.29, 1.82) is 0 Å². The summed E-state index contributed by atoms with van der Waals surface area (Å²) in [7, 11) is 0. The zero-order valence-corrected chi connectivity index (χ0v) is 13.1. The van der Waals surface area contributed by atoms with E-state index >= 15 is 0 Å². The molecule has 1 fully saturated rings. The van der Waals surface area contributed by atoms with E-state index in [-0.39, 0.29) is 11.7 Å². The molecule has 2 aromatic rings. The first-order chi connectivity index (χ1) is 11.1. The number of hydrogen-bond donors (Lipinski definition) is 1. The second-order valence-electron chi connectivity index (χ2n) is 5.15. The number of amides is 1. The number of hydrogen-bond acceptors (Lipinski definition) is 3. The van der Waals surface area contributed by atoms with Crippen LogP contribution in [0.5, 0.6) is 0 Å². The predicted molar refractivity (Wildman–Crippen MR) is 90.7 cm³/mol. The van der Waals surface area contributed by atoms with E-state index in [0.29, 0.717) is 29.4 Å². The zero-order valence-electron chi connectivity index (χ0n) is 12.3. The summed E-state index contributed by atoms with van der Waals surface area (Å²) in [5.74, 6) is -0.433. The van der Waals surface area contributed by atoms with Gasteiger partial charge >= 0.3 is 0 Å². The van der Waals surface area contributed by atoms with Crippen molar-refractivity contribution < 1.29 is 9.59 Å². The topological polar surface area (TPSA) is 49.4 Å². The Labute approximate surface area is 139 Å². The Bertz CT molecular complexity index is 754. The van der Waals surface area contributed by atoms with Gasteiger partial charge in [0.15, 0.2) is 5.78 Å². The molecule has 0 bridgehead atoms. The van der Waals surface area contributed by atoms with Crippen LogP contribution < -0.4 is 10.2 Å². The Kier molecular flexibility index (Phi) is 4.44. The van der Waals surface area contributed by atoms with Crippen molar-refractivity contribution in [2.24, 2.45) is 0 Å². The van der Waals surface area contributed by atoms with Crippen molar-refractivity contribution >= 4 is 29.0 Å². The quantitative estimate of drug-likeness (QED) is 0.696. The van der Waals surface area contributed by atoms with Gasteiger partial charge in [-0.1, -0.05) is 29.8 Å². The van der Waals surface area contributed by atoms with Gasteiger partial charge in [-0.2, -0.15) is 0 Å². The van der Waals surface area contributed by atoms with Gasteiger partial charge in [-0.05, 0) is 36.4 Å². The summed E-state index contributed by atoms with van der Waals surface area (Å²) in [6.07, 6.45) is 1.35. The number of benzene rings is 2. The summed E-state index contributed by atoms with van der Waals surface area (Å²) in [5.41, 5.74) is 1.62. The Morgan fingerprint density at radius 2 is 1.78 bits per heavy atom. The van der Waals surface area contributed by atoms with Crippen molar-refractivity contribution in [3.8, 4) is 0 Å². The number of para-hydroxylation sites is 1. The number of rotatable bonds is 3. The number of carbonyl (C=O) groups is 2. The van der Waals surface area contributed by atoms with Gasteiger partial charge in [-0.15, -0.1) is 0 Å². The Morgan fingerprint density at radius 1 is 1.09 bits per heavy atom. The van der Waals surface area contributed by atoms with E-state index in [2.05, 4.69) is 5.32 Å². The lowest BCUT2D eigenvalue weighted by Gasteiger charge is -2.29. The molecule has 3 rings (SSSR count). The van der Waals surface area contributed by atoms with Gasteiger partial charge in [-0.3, -0.25) is 9.59 Å². The largest absolute Gasteiger partial charge is 0.379 e. The third kappa shape index (κ3) is 3.43. The van der Waals surface area contributed by atoms with Crippen LogP contribution >= 0.6 is 11.6 Å². The van der Waals surface area contributed by atoms with E-state index in [1.165, 1.54) is 6.08 Å². The van der Waals surface area contributed by atoms with Crippen LogP contribution in [0.15, 0.2) is 66.4 Å². The summed E-state index contributed by atoms with van der Waals surface area (Å²) in [5, 5.41) is 3.57. The molecule has 1 amide bonds. The highest BCUT2D eigenvalue weighted by molar-refractivity contribution is 6.30. The van der Waals surface area contributed by atoms with Gasteiger partial charge in [0.1, 0.15) is 5.70 Å². The molecule has 0 aliphatic carbocycles. The highest BCUT2D eigenvalue weighted by Gasteiger charge is 2.24. The first kappa shape index (κ1) is 15.3. The second-order valence-corrected chi connectivity index (χ2v) is 5.58. The molecule has 1 aliphatic heterocycles. The van der Waals surface area contributed by atoms with Crippen LogP contribution in [-0.2, 0) is 4.79 Å². The lowest BCUT2D eigenvalue weighted by atomic mass is 10.1. The Hall–Kier alpha value is -2.59. The fraction of sp³-hybridized carbons (Fsp3) is 0.111. The number of nitrogens with zero attached hydrogens (tertiary/aromatic N) is 1. The predicted octanol–water partition coefficient (Wildman–Crippen LogP) is 3.04. The van der Waals surface area contributed by atoms with Crippen LogP contribution in [0.1, 0.15) is 10.4 Å². The molecule has 1 saturated heterocycles. The second kappa shape index (κ2) is 6.67. The summed E-state index contributed by atoms with van der Waals surface area (Å²) in [4.78, 5) is 26.5. The molecule has 1 N–H and O–H groups in total. The summed E-state index contributed by atoms with van der Waals surface area (Å²) in [6, 6.07) is 16.0. The van der Waals surface area contributed by atoms with E-state index in [9.17, 15) is 9.59 Å². The molecule has 0 atom stereocenters. The lowest BCUT2D eigenvalue weighted by molar-refractivity contribution is -0.116. The van der Waals surface area contributed by atoms with E-state index in [1.807, 2.05) is 30.3 Å². The molecule has 4 nitrogen and oxygen atoms in total. The average Bonchev–Trinajstić information content (AvgIpc) is 2.58. The van der Waals surface area contributed by atoms with E-state index in [0.717, 1.165) is 5.69 Å². The molecular formula is C18H15ClN2O2. The number of nitrogens with one attached hydrogen (secondary N) is 1. The molecule has 2 aromatic carbocycles. The maximum absolute atomic E-state index is 12.6. The van der Waals surface area contributed by atoms with Crippen molar-refractivity contribution in [1.82, 2.24) is 5.32 Å². The van der Waals surface area contributed by atoms with Gasteiger partial charge < -0.3 is 10.2 Å². The smallest absolute Gasteiger partial charge is 0.274 e. The van der Waals surface area contributed by atoms with Crippen molar-refractivity contribution in [2.45, 2.75) is 0 Å². The molecule has 5 heteroatoms. The van der Waals surface area contributed by atoms with Gasteiger partial charge in [-0.25, -0.2) is 0 Å². The maximum Gasteiger partial charge on any atom is 0.274 e. The van der Waals surface area contributed by atoms with Crippen LogP contribution in [0.2, 0.25) is 5.02 Å². The first-order valence-corrected chi connectivity index (χ1v) is 7.65. The van der Waals surface area contributed by atoms with Gasteiger partial charge in [0.2, 0.25) is 0 Å². The average molecular weight is 327 g/mol. The van der Waals surface area contributed by atoms with Gasteiger partial charge in [0.25, 0.3) is 5.91 Å². The summed E-state index contributed by atoms with van der Waals surface area (Å²) in [6.45, 7) is 1.16. The fourth-order valence-electron chi connectivity index (χ4n) is 2.42. The molecule has 0 spiro atoms. The normalized spacial score (nSPS) is 16.3. The minimum absolute atomic E-state index is 0.204. The van der Waals surface area contributed by atoms with Crippen LogP contribution in [0.3, 0.4) is 0 Å². The molecule has 0 unspecified atom stereocenters. The molecule has 0 saturated carbocycles. The SMILES string of the molecule is O=C(/C=C1/NCCN(c2ccccc2)C1=O)c1ccc(Cl)cc1. The molecule has 0 radical (unpaired) electrons. The molecular weight excluding hydrogens is 312 g/mol. The highest BCUT2D eigenvalue weighted by atomic mass is 35.5. The molecule has 0 aromatic heterocycles. The maximum atomic E-state index is 12.6. The number of allylic oxidation sites excluding steroid dienone is 1. The third-order valence-corrected chi connectivity index (χ3v) is 3.85. The minimum Gasteiger partial charge on any atom is -0.379 e. The number of halogens is 1.